The van der Waals surface area contributed by atoms with E-state index in [-0.39, 0.29) is 37.3 Å². The SMILES string of the molecule is Cc1ccc(CNC(=O)C(COc2cccc(C=C(C#N)C(=O)NC(C)(C)C)c2)NC(=O)[C@@H](NC(=O)CCc2cccc(F)c2)[C@@H](C)O)cc1. The highest BCUT2D eigenvalue weighted by molar-refractivity contribution is 6.02. The molecule has 1 unspecified atom stereocenters. The minimum atomic E-state index is -1.40. The predicted octanol–water partition coefficient (Wildman–Crippen LogP) is 3.63. The van der Waals surface area contributed by atoms with Crippen LogP contribution in [0.3, 0.4) is 0 Å². The summed E-state index contributed by atoms with van der Waals surface area (Å²) >= 11 is 0. The second-order valence-corrected chi connectivity index (χ2v) is 12.9. The molecule has 0 aliphatic carbocycles. The minimum absolute atomic E-state index is 0.0697. The van der Waals surface area contributed by atoms with E-state index >= 15 is 0 Å². The van der Waals surface area contributed by atoms with Crippen LogP contribution in [0.4, 0.5) is 4.39 Å². The van der Waals surface area contributed by atoms with Crippen LogP contribution in [0.1, 0.15) is 56.4 Å². The summed E-state index contributed by atoms with van der Waals surface area (Å²) < 4.78 is 19.4. The van der Waals surface area contributed by atoms with Crippen LogP contribution >= 0.6 is 0 Å². The van der Waals surface area contributed by atoms with Crippen LogP contribution < -0.4 is 26.0 Å². The molecule has 0 radical (unpaired) electrons. The molecule has 3 aromatic carbocycles. The van der Waals surface area contributed by atoms with Gasteiger partial charge in [0.1, 0.15) is 41.9 Å². The molecule has 264 valence electrons. The van der Waals surface area contributed by atoms with Gasteiger partial charge in [0, 0.05) is 18.5 Å². The highest BCUT2D eigenvalue weighted by atomic mass is 19.1. The highest BCUT2D eigenvalue weighted by Gasteiger charge is 2.30. The average molecular weight is 686 g/mol. The van der Waals surface area contributed by atoms with Gasteiger partial charge in [-0.3, -0.25) is 19.2 Å². The van der Waals surface area contributed by atoms with Crippen molar-refractivity contribution >= 4 is 29.7 Å². The Hall–Kier alpha value is -5.54. The van der Waals surface area contributed by atoms with E-state index in [0.29, 0.717) is 11.1 Å². The number of ether oxygens (including phenoxy) is 1. The standard InChI is InChI=1S/C38H44FN5O6/c1-24-12-14-27(15-13-24)22-41-36(48)32(23-50-31-11-7-9-28(20-31)18-29(21-40)35(47)44-38(3,4)5)42-37(49)34(25(2)45)43-33(46)17-16-26-8-6-10-30(39)19-26/h6-15,18-20,25,32,34,45H,16-17,22-23H2,1-5H3,(H,41,48)(H,42,49)(H,43,46)(H,44,47)/t25-,32?,34+/m1/s1. The molecule has 3 rings (SSSR count). The number of benzene rings is 3. The Morgan fingerprint density at radius 1 is 0.960 bits per heavy atom. The van der Waals surface area contributed by atoms with Crippen molar-refractivity contribution in [1.29, 1.82) is 5.26 Å². The van der Waals surface area contributed by atoms with E-state index < -0.39 is 53.2 Å². The third-order valence-electron chi connectivity index (χ3n) is 7.27. The number of carbonyl (C=O) groups is 4. The van der Waals surface area contributed by atoms with E-state index in [0.717, 1.165) is 11.1 Å². The number of aliphatic hydroxyl groups is 1. The molecule has 0 aliphatic rings. The number of hydrogen-bond donors (Lipinski definition) is 5. The van der Waals surface area contributed by atoms with Crippen LogP contribution in [-0.4, -0.2) is 59.1 Å². The lowest BCUT2D eigenvalue weighted by atomic mass is 10.1. The van der Waals surface area contributed by atoms with Gasteiger partial charge < -0.3 is 31.1 Å². The fourth-order valence-corrected chi connectivity index (χ4v) is 4.66. The number of amides is 4. The average Bonchev–Trinajstić information content (AvgIpc) is 3.05. The Bertz CT molecular complexity index is 1730. The number of carbonyl (C=O) groups excluding carboxylic acids is 4. The summed E-state index contributed by atoms with van der Waals surface area (Å²) in [4.78, 5) is 52.1. The Labute approximate surface area is 291 Å². The lowest BCUT2D eigenvalue weighted by Crippen LogP contribution is -2.58. The predicted molar refractivity (Wildman–Crippen MR) is 187 cm³/mol. The number of rotatable bonds is 15. The Morgan fingerprint density at radius 2 is 1.66 bits per heavy atom. The van der Waals surface area contributed by atoms with Gasteiger partial charge in [0.25, 0.3) is 5.91 Å². The van der Waals surface area contributed by atoms with Gasteiger partial charge in [-0.2, -0.15) is 5.26 Å². The largest absolute Gasteiger partial charge is 0.491 e. The molecular formula is C38H44FN5O6. The Kier molecular flexibility index (Phi) is 14.2. The molecule has 0 aromatic heterocycles. The third-order valence-corrected chi connectivity index (χ3v) is 7.27. The van der Waals surface area contributed by atoms with Gasteiger partial charge >= 0.3 is 0 Å². The van der Waals surface area contributed by atoms with Crippen molar-refractivity contribution in [3.8, 4) is 11.8 Å². The molecule has 0 saturated carbocycles. The fourth-order valence-electron chi connectivity index (χ4n) is 4.66. The smallest absolute Gasteiger partial charge is 0.262 e. The highest BCUT2D eigenvalue weighted by Crippen LogP contribution is 2.17. The zero-order valence-electron chi connectivity index (χ0n) is 28.9. The van der Waals surface area contributed by atoms with E-state index in [1.807, 2.05) is 37.3 Å². The normalized spacial score (nSPS) is 13.2. The van der Waals surface area contributed by atoms with E-state index in [1.165, 1.54) is 31.2 Å². The topological polar surface area (TPSA) is 170 Å². The molecule has 0 aliphatic heterocycles. The van der Waals surface area contributed by atoms with Crippen LogP contribution in [-0.2, 0) is 32.1 Å². The van der Waals surface area contributed by atoms with Crippen LogP contribution in [0.25, 0.3) is 6.08 Å². The molecule has 0 spiro atoms. The summed E-state index contributed by atoms with van der Waals surface area (Å²) in [5.74, 6) is -2.63. The molecule has 4 amide bonds. The molecule has 3 aromatic rings. The number of halogens is 1. The molecule has 3 atom stereocenters. The van der Waals surface area contributed by atoms with Gasteiger partial charge in [0.2, 0.25) is 17.7 Å². The van der Waals surface area contributed by atoms with Crippen molar-refractivity contribution in [2.45, 2.75) is 77.7 Å². The molecule has 11 nitrogen and oxygen atoms in total. The molecule has 0 saturated heterocycles. The van der Waals surface area contributed by atoms with E-state index in [1.54, 1.807) is 51.1 Å². The van der Waals surface area contributed by atoms with Crippen molar-refractivity contribution in [2.24, 2.45) is 0 Å². The van der Waals surface area contributed by atoms with Gasteiger partial charge in [-0.1, -0.05) is 54.1 Å². The number of nitriles is 1. The molecular weight excluding hydrogens is 641 g/mol. The van der Waals surface area contributed by atoms with Gasteiger partial charge in [0.05, 0.1) is 6.10 Å². The molecule has 0 bridgehead atoms. The van der Waals surface area contributed by atoms with Crippen LogP contribution in [0.2, 0.25) is 0 Å². The van der Waals surface area contributed by atoms with E-state index in [9.17, 15) is 33.9 Å². The zero-order valence-corrected chi connectivity index (χ0v) is 28.9. The Balaban J connectivity index is 1.75. The number of aryl methyl sites for hydroxylation is 2. The van der Waals surface area contributed by atoms with Crippen molar-refractivity contribution in [3.63, 3.8) is 0 Å². The minimum Gasteiger partial charge on any atom is -0.491 e. The van der Waals surface area contributed by atoms with Crippen molar-refractivity contribution in [2.75, 3.05) is 6.61 Å². The molecule has 50 heavy (non-hydrogen) atoms. The second-order valence-electron chi connectivity index (χ2n) is 12.9. The van der Waals surface area contributed by atoms with Gasteiger partial charge in [-0.25, -0.2) is 4.39 Å². The van der Waals surface area contributed by atoms with E-state index in [4.69, 9.17) is 4.74 Å². The van der Waals surface area contributed by atoms with Gasteiger partial charge in [-0.15, -0.1) is 0 Å². The first-order chi connectivity index (χ1) is 23.6. The van der Waals surface area contributed by atoms with Crippen molar-refractivity contribution in [1.82, 2.24) is 21.3 Å². The van der Waals surface area contributed by atoms with Crippen LogP contribution in [0.5, 0.6) is 5.75 Å². The lowest BCUT2D eigenvalue weighted by Gasteiger charge is -2.25. The molecule has 12 heteroatoms. The monoisotopic (exact) mass is 685 g/mol. The zero-order chi connectivity index (χ0) is 36.8. The van der Waals surface area contributed by atoms with E-state index in [2.05, 4.69) is 21.3 Å². The second kappa shape index (κ2) is 18.3. The fraction of sp³-hybridized carbons (Fsp3) is 0.342. The molecule has 0 heterocycles. The van der Waals surface area contributed by atoms with Crippen molar-refractivity contribution < 1.29 is 33.4 Å². The number of hydrogen-bond acceptors (Lipinski definition) is 7. The van der Waals surface area contributed by atoms with Crippen LogP contribution in [0, 0.1) is 24.1 Å². The first kappa shape index (κ1) is 38.9. The first-order valence-electron chi connectivity index (χ1n) is 16.2. The van der Waals surface area contributed by atoms with Crippen LogP contribution in [0.15, 0.2) is 78.4 Å². The quantitative estimate of drug-likeness (QED) is 0.120. The van der Waals surface area contributed by atoms with Gasteiger partial charge in [-0.05, 0) is 88.1 Å². The maximum atomic E-state index is 13.5. The summed E-state index contributed by atoms with van der Waals surface area (Å²) in [6, 6.07) is 19.1. The number of nitrogens with zero attached hydrogens (tertiary/aromatic N) is 1. The summed E-state index contributed by atoms with van der Waals surface area (Å²) in [5, 5.41) is 30.6. The first-order valence-corrected chi connectivity index (χ1v) is 16.2. The Morgan fingerprint density at radius 3 is 2.30 bits per heavy atom. The summed E-state index contributed by atoms with van der Waals surface area (Å²) in [5.41, 5.74) is 2.30. The number of nitrogens with one attached hydrogen (secondary N) is 4. The summed E-state index contributed by atoms with van der Waals surface area (Å²) in [6.45, 7) is 8.49. The van der Waals surface area contributed by atoms with Gasteiger partial charge in [0.15, 0.2) is 0 Å². The lowest BCUT2D eigenvalue weighted by molar-refractivity contribution is -0.134. The summed E-state index contributed by atoms with van der Waals surface area (Å²) in [6.07, 6.45) is 0.227. The third kappa shape index (κ3) is 13.2. The maximum Gasteiger partial charge on any atom is 0.262 e. The van der Waals surface area contributed by atoms with Crippen molar-refractivity contribution in [3.05, 3.63) is 106 Å². The number of aliphatic hydroxyl groups excluding tert-OH is 1. The summed E-state index contributed by atoms with van der Waals surface area (Å²) in [7, 11) is 0. The molecule has 0 fully saturated rings. The maximum absolute atomic E-state index is 13.5. The molecule has 5 N–H and O–H groups in total.